The Morgan fingerprint density at radius 3 is 2.33 bits per heavy atom. The van der Waals surface area contributed by atoms with Crippen LogP contribution in [0.15, 0.2) is 12.7 Å². The molecule has 0 spiro atoms. The molecule has 0 aromatic heterocycles. The summed E-state index contributed by atoms with van der Waals surface area (Å²) in [6.07, 6.45) is 9.89. The Hall–Kier alpha value is -0.340. The summed E-state index contributed by atoms with van der Waals surface area (Å²) in [6, 6.07) is 0. The van der Waals surface area contributed by atoms with Crippen molar-refractivity contribution in [2.24, 2.45) is 0 Å². The summed E-state index contributed by atoms with van der Waals surface area (Å²) in [5.74, 6) is 0. The van der Waals surface area contributed by atoms with Crippen LogP contribution in [0.2, 0.25) is 0 Å². The second-order valence-electron chi connectivity index (χ2n) is 4.75. The first-order chi connectivity index (χ1) is 7.19. The highest BCUT2D eigenvalue weighted by atomic mass is 16.3. The van der Waals surface area contributed by atoms with Gasteiger partial charge < -0.3 is 10.2 Å². The van der Waals surface area contributed by atoms with Crippen LogP contribution >= 0.6 is 0 Å². The molecule has 2 N–H and O–H groups in total. The fraction of sp³-hybridized carbons (Fsp3) is 0.846. The van der Waals surface area contributed by atoms with Gasteiger partial charge in [-0.3, -0.25) is 0 Å². The SMILES string of the molecule is C=CCCCC(O)C1(O)CCCCCC1. The summed E-state index contributed by atoms with van der Waals surface area (Å²) in [6.45, 7) is 3.66. The van der Waals surface area contributed by atoms with Gasteiger partial charge in [-0.2, -0.15) is 0 Å². The second kappa shape index (κ2) is 6.29. The van der Waals surface area contributed by atoms with Crippen LogP contribution in [-0.4, -0.2) is 21.9 Å². The number of aliphatic hydroxyl groups is 2. The van der Waals surface area contributed by atoms with Gasteiger partial charge in [-0.05, 0) is 32.1 Å². The molecule has 1 saturated carbocycles. The molecule has 1 rings (SSSR count). The maximum atomic E-state index is 10.3. The van der Waals surface area contributed by atoms with Gasteiger partial charge in [0.15, 0.2) is 0 Å². The summed E-state index contributed by atoms with van der Waals surface area (Å²) in [5, 5.41) is 20.3. The fourth-order valence-electron chi connectivity index (χ4n) is 2.40. The third kappa shape index (κ3) is 3.96. The van der Waals surface area contributed by atoms with E-state index in [0.29, 0.717) is 6.42 Å². The zero-order valence-corrected chi connectivity index (χ0v) is 9.62. The summed E-state index contributed by atoms with van der Waals surface area (Å²) >= 11 is 0. The van der Waals surface area contributed by atoms with Crippen LogP contribution in [0.25, 0.3) is 0 Å². The number of aliphatic hydroxyl groups excluding tert-OH is 1. The van der Waals surface area contributed by atoms with Crippen LogP contribution in [0.3, 0.4) is 0 Å². The van der Waals surface area contributed by atoms with Gasteiger partial charge in [0, 0.05) is 0 Å². The normalized spacial score (nSPS) is 23.1. The lowest BCUT2D eigenvalue weighted by Gasteiger charge is -2.32. The van der Waals surface area contributed by atoms with Gasteiger partial charge in [0.05, 0.1) is 11.7 Å². The average molecular weight is 212 g/mol. The minimum Gasteiger partial charge on any atom is -0.390 e. The van der Waals surface area contributed by atoms with E-state index in [2.05, 4.69) is 6.58 Å². The summed E-state index contributed by atoms with van der Waals surface area (Å²) < 4.78 is 0. The van der Waals surface area contributed by atoms with Crippen molar-refractivity contribution in [1.29, 1.82) is 0 Å². The van der Waals surface area contributed by atoms with Crippen molar-refractivity contribution in [2.45, 2.75) is 69.5 Å². The van der Waals surface area contributed by atoms with Crippen LogP contribution in [0, 0.1) is 0 Å². The highest BCUT2D eigenvalue weighted by Gasteiger charge is 2.35. The zero-order chi connectivity index (χ0) is 11.1. The van der Waals surface area contributed by atoms with Gasteiger partial charge in [-0.15, -0.1) is 6.58 Å². The molecule has 2 heteroatoms. The predicted molar refractivity (Wildman–Crippen MR) is 62.7 cm³/mol. The lowest BCUT2D eigenvalue weighted by Crippen LogP contribution is -2.41. The number of hydrogen-bond donors (Lipinski definition) is 2. The molecule has 0 saturated heterocycles. The predicted octanol–water partition coefficient (Wildman–Crippen LogP) is 2.79. The maximum absolute atomic E-state index is 10.3. The van der Waals surface area contributed by atoms with Crippen LogP contribution < -0.4 is 0 Å². The van der Waals surface area contributed by atoms with Crippen LogP contribution in [-0.2, 0) is 0 Å². The molecular weight excluding hydrogens is 188 g/mol. The van der Waals surface area contributed by atoms with E-state index in [1.54, 1.807) is 0 Å². The number of hydrogen-bond acceptors (Lipinski definition) is 2. The van der Waals surface area contributed by atoms with E-state index in [9.17, 15) is 10.2 Å². The standard InChI is InChI=1S/C13H24O2/c1-2-3-6-9-12(14)13(15)10-7-4-5-8-11-13/h2,12,14-15H,1,3-11H2. The molecule has 0 heterocycles. The molecule has 0 aromatic rings. The lowest BCUT2D eigenvalue weighted by atomic mass is 9.86. The fourth-order valence-corrected chi connectivity index (χ4v) is 2.40. The highest BCUT2D eigenvalue weighted by molar-refractivity contribution is 4.88. The molecule has 0 amide bonds. The Morgan fingerprint density at radius 2 is 1.80 bits per heavy atom. The Balaban J connectivity index is 2.39. The van der Waals surface area contributed by atoms with Gasteiger partial charge in [0.2, 0.25) is 0 Å². The van der Waals surface area contributed by atoms with Crippen molar-refractivity contribution in [2.75, 3.05) is 0 Å². The Morgan fingerprint density at radius 1 is 1.20 bits per heavy atom. The molecule has 1 atom stereocenters. The lowest BCUT2D eigenvalue weighted by molar-refractivity contribution is -0.0877. The summed E-state index contributed by atoms with van der Waals surface area (Å²) in [5.41, 5.74) is -0.808. The van der Waals surface area contributed by atoms with Crippen molar-refractivity contribution in [3.63, 3.8) is 0 Å². The summed E-state index contributed by atoms with van der Waals surface area (Å²) in [4.78, 5) is 0. The van der Waals surface area contributed by atoms with E-state index < -0.39 is 11.7 Å². The van der Waals surface area contributed by atoms with E-state index >= 15 is 0 Å². The molecule has 15 heavy (non-hydrogen) atoms. The molecule has 88 valence electrons. The Bertz CT molecular complexity index is 181. The molecule has 1 aliphatic rings. The molecule has 0 radical (unpaired) electrons. The molecular formula is C13H24O2. The molecule has 0 aromatic carbocycles. The van der Waals surface area contributed by atoms with Gasteiger partial charge in [-0.25, -0.2) is 0 Å². The minimum absolute atomic E-state index is 0.546. The molecule has 2 nitrogen and oxygen atoms in total. The third-order valence-corrected chi connectivity index (χ3v) is 3.48. The third-order valence-electron chi connectivity index (χ3n) is 3.48. The van der Waals surface area contributed by atoms with Crippen molar-refractivity contribution >= 4 is 0 Å². The molecule has 0 bridgehead atoms. The van der Waals surface area contributed by atoms with Crippen molar-refractivity contribution in [3.8, 4) is 0 Å². The Kier molecular flexibility index (Phi) is 5.34. The number of allylic oxidation sites excluding steroid dienone is 1. The number of unbranched alkanes of at least 4 members (excludes halogenated alkanes) is 1. The van der Waals surface area contributed by atoms with E-state index in [1.165, 1.54) is 12.8 Å². The van der Waals surface area contributed by atoms with Crippen molar-refractivity contribution in [1.82, 2.24) is 0 Å². The molecule has 1 fully saturated rings. The van der Waals surface area contributed by atoms with E-state index in [4.69, 9.17) is 0 Å². The molecule has 1 aliphatic carbocycles. The average Bonchev–Trinajstić information content (AvgIpc) is 2.44. The summed E-state index contributed by atoms with van der Waals surface area (Å²) in [7, 11) is 0. The first-order valence-electron chi connectivity index (χ1n) is 6.20. The van der Waals surface area contributed by atoms with Crippen molar-refractivity contribution < 1.29 is 10.2 Å². The largest absolute Gasteiger partial charge is 0.390 e. The van der Waals surface area contributed by atoms with Gasteiger partial charge >= 0.3 is 0 Å². The van der Waals surface area contributed by atoms with Gasteiger partial charge in [0.25, 0.3) is 0 Å². The van der Waals surface area contributed by atoms with Gasteiger partial charge in [-0.1, -0.05) is 31.8 Å². The maximum Gasteiger partial charge on any atom is 0.0905 e. The molecule has 0 aliphatic heterocycles. The van der Waals surface area contributed by atoms with E-state index in [-0.39, 0.29) is 0 Å². The van der Waals surface area contributed by atoms with E-state index in [1.807, 2.05) is 6.08 Å². The highest BCUT2D eigenvalue weighted by Crippen LogP contribution is 2.31. The van der Waals surface area contributed by atoms with Crippen molar-refractivity contribution in [3.05, 3.63) is 12.7 Å². The second-order valence-corrected chi connectivity index (χ2v) is 4.75. The number of rotatable bonds is 5. The van der Waals surface area contributed by atoms with Crippen LogP contribution in [0.1, 0.15) is 57.8 Å². The van der Waals surface area contributed by atoms with E-state index in [0.717, 1.165) is 38.5 Å². The smallest absolute Gasteiger partial charge is 0.0905 e. The first-order valence-corrected chi connectivity index (χ1v) is 6.20. The molecule has 1 unspecified atom stereocenters. The topological polar surface area (TPSA) is 40.5 Å². The minimum atomic E-state index is -0.808. The van der Waals surface area contributed by atoms with Crippen LogP contribution in [0.5, 0.6) is 0 Å². The Labute approximate surface area is 93.0 Å². The quantitative estimate of drug-likeness (QED) is 0.418. The zero-order valence-electron chi connectivity index (χ0n) is 9.62. The van der Waals surface area contributed by atoms with Gasteiger partial charge in [0.1, 0.15) is 0 Å². The monoisotopic (exact) mass is 212 g/mol. The first kappa shape index (κ1) is 12.7. The van der Waals surface area contributed by atoms with Crippen LogP contribution in [0.4, 0.5) is 0 Å².